The minimum absolute atomic E-state index is 0.148. The topological polar surface area (TPSA) is 15.3 Å². The fourth-order valence-corrected chi connectivity index (χ4v) is 3.31. The molecular formula is C17H25F3N2. The van der Waals surface area contributed by atoms with Crippen LogP contribution in [0.25, 0.3) is 0 Å². The minimum Gasteiger partial charge on any atom is -0.311 e. The number of nitrogens with zero attached hydrogens (tertiary/aromatic N) is 1. The number of hydrogen-bond acceptors (Lipinski definition) is 2. The third-order valence-electron chi connectivity index (χ3n) is 4.74. The second-order valence-electron chi connectivity index (χ2n) is 6.02. The van der Waals surface area contributed by atoms with Gasteiger partial charge in [-0.25, -0.2) is 13.2 Å². The molecular weight excluding hydrogens is 289 g/mol. The first-order valence-corrected chi connectivity index (χ1v) is 8.04. The van der Waals surface area contributed by atoms with Gasteiger partial charge in [-0.1, -0.05) is 19.9 Å². The van der Waals surface area contributed by atoms with Crippen molar-refractivity contribution in [1.82, 2.24) is 10.2 Å². The van der Waals surface area contributed by atoms with Gasteiger partial charge in [-0.15, -0.1) is 0 Å². The maximum Gasteiger partial charge on any atom is 0.264 e. The van der Waals surface area contributed by atoms with Crippen LogP contribution in [0.2, 0.25) is 0 Å². The highest BCUT2D eigenvalue weighted by Gasteiger charge is 2.31. The summed E-state index contributed by atoms with van der Waals surface area (Å²) in [5.41, 5.74) is 0.348. The average Bonchev–Trinajstić information content (AvgIpc) is 2.53. The third kappa shape index (κ3) is 3.63. The second-order valence-corrected chi connectivity index (χ2v) is 6.02. The second kappa shape index (κ2) is 7.47. The van der Waals surface area contributed by atoms with Crippen molar-refractivity contribution in [2.45, 2.75) is 58.2 Å². The molecule has 1 aromatic rings. The largest absolute Gasteiger partial charge is 0.311 e. The van der Waals surface area contributed by atoms with Crippen LogP contribution in [0.5, 0.6) is 0 Å². The molecule has 2 rings (SSSR count). The summed E-state index contributed by atoms with van der Waals surface area (Å²) in [6.07, 6.45) is -0.692. The number of piperazine rings is 1. The van der Waals surface area contributed by atoms with Crippen LogP contribution < -0.4 is 5.32 Å². The molecule has 1 fully saturated rings. The zero-order valence-electron chi connectivity index (χ0n) is 13.5. The van der Waals surface area contributed by atoms with Crippen LogP contribution in [0.4, 0.5) is 13.2 Å². The van der Waals surface area contributed by atoms with E-state index in [0.29, 0.717) is 17.6 Å². The molecule has 1 heterocycles. The van der Waals surface area contributed by atoms with Crippen LogP contribution in [-0.4, -0.2) is 30.1 Å². The highest BCUT2D eigenvalue weighted by molar-refractivity contribution is 5.31. The Morgan fingerprint density at radius 2 is 1.95 bits per heavy atom. The van der Waals surface area contributed by atoms with Gasteiger partial charge in [0.1, 0.15) is 5.82 Å². The Morgan fingerprint density at radius 1 is 1.23 bits per heavy atom. The Kier molecular flexibility index (Phi) is 5.87. The first-order chi connectivity index (χ1) is 10.5. The van der Waals surface area contributed by atoms with Gasteiger partial charge in [0.05, 0.1) is 0 Å². The predicted octanol–water partition coefficient (Wildman–Crippen LogP) is 4.29. The lowest BCUT2D eigenvalue weighted by molar-refractivity contribution is 0.0812. The highest BCUT2D eigenvalue weighted by Crippen LogP contribution is 2.33. The van der Waals surface area contributed by atoms with Gasteiger partial charge in [-0.05, 0) is 37.5 Å². The van der Waals surface area contributed by atoms with Gasteiger partial charge in [0, 0.05) is 36.8 Å². The summed E-state index contributed by atoms with van der Waals surface area (Å²) >= 11 is 0. The van der Waals surface area contributed by atoms with E-state index in [1.165, 1.54) is 12.1 Å². The van der Waals surface area contributed by atoms with E-state index in [4.69, 9.17) is 0 Å². The Morgan fingerprint density at radius 3 is 2.55 bits per heavy atom. The number of nitrogens with one attached hydrogen (secondary N) is 1. The van der Waals surface area contributed by atoms with E-state index in [1.807, 2.05) is 6.92 Å². The van der Waals surface area contributed by atoms with E-state index >= 15 is 0 Å². The molecule has 1 saturated heterocycles. The molecule has 1 aliphatic heterocycles. The van der Waals surface area contributed by atoms with Crippen molar-refractivity contribution < 1.29 is 13.2 Å². The Hall–Kier alpha value is -1.07. The molecule has 3 atom stereocenters. The molecule has 0 radical (unpaired) electrons. The third-order valence-corrected chi connectivity index (χ3v) is 4.74. The summed E-state index contributed by atoms with van der Waals surface area (Å²) in [6, 6.07) is 4.30. The van der Waals surface area contributed by atoms with Crippen LogP contribution >= 0.6 is 0 Å². The normalized spacial score (nSPS) is 24.7. The van der Waals surface area contributed by atoms with E-state index in [9.17, 15) is 13.2 Å². The van der Waals surface area contributed by atoms with Crippen molar-refractivity contribution in [2.75, 3.05) is 13.1 Å². The average molecular weight is 314 g/mol. The summed E-state index contributed by atoms with van der Waals surface area (Å²) in [5, 5.41) is 3.50. The van der Waals surface area contributed by atoms with E-state index in [-0.39, 0.29) is 11.6 Å². The van der Waals surface area contributed by atoms with Gasteiger partial charge in [0.25, 0.3) is 6.43 Å². The molecule has 124 valence electrons. The lowest BCUT2D eigenvalue weighted by Gasteiger charge is -2.44. The molecule has 22 heavy (non-hydrogen) atoms. The smallest absolute Gasteiger partial charge is 0.264 e. The van der Waals surface area contributed by atoms with E-state index in [1.54, 1.807) is 0 Å². The summed E-state index contributed by atoms with van der Waals surface area (Å²) in [5.74, 6) is -0.606. The fourth-order valence-electron chi connectivity index (χ4n) is 3.31. The van der Waals surface area contributed by atoms with Crippen molar-refractivity contribution in [2.24, 2.45) is 0 Å². The standard InChI is InChI=1S/C17H25F3N2/c1-4-13-10-22(14(5-2)9-21-13)11(3)15-7-6-12(18)8-16(15)17(19)20/h6-8,11,13-14,17,21H,4-5,9-10H2,1-3H3/t11?,13-,14+/m0/s1. The summed E-state index contributed by atoms with van der Waals surface area (Å²) < 4.78 is 39.8. The Bertz CT molecular complexity index is 493. The zero-order chi connectivity index (χ0) is 16.3. The molecule has 0 saturated carbocycles. The van der Waals surface area contributed by atoms with Crippen molar-refractivity contribution in [3.05, 3.63) is 35.1 Å². The highest BCUT2D eigenvalue weighted by atomic mass is 19.3. The molecule has 1 N–H and O–H groups in total. The monoisotopic (exact) mass is 314 g/mol. The summed E-state index contributed by atoms with van der Waals surface area (Å²) in [7, 11) is 0. The molecule has 2 nitrogen and oxygen atoms in total. The molecule has 1 aromatic carbocycles. The van der Waals surface area contributed by atoms with Crippen LogP contribution in [0.1, 0.15) is 57.2 Å². The van der Waals surface area contributed by atoms with E-state index in [0.717, 1.165) is 32.0 Å². The molecule has 1 aliphatic rings. The van der Waals surface area contributed by atoms with Crippen LogP contribution in [0, 0.1) is 5.82 Å². The van der Waals surface area contributed by atoms with Crippen molar-refractivity contribution in [3.8, 4) is 0 Å². The summed E-state index contributed by atoms with van der Waals surface area (Å²) in [6.45, 7) is 7.87. The molecule has 5 heteroatoms. The summed E-state index contributed by atoms with van der Waals surface area (Å²) in [4.78, 5) is 2.28. The van der Waals surface area contributed by atoms with Crippen LogP contribution in [0.3, 0.4) is 0 Å². The number of hydrogen-bond donors (Lipinski definition) is 1. The quantitative estimate of drug-likeness (QED) is 0.872. The Labute approximate surface area is 130 Å². The SMILES string of the molecule is CC[C@H]1CN(C(C)c2ccc(F)cc2C(F)F)[C@H](CC)CN1. The van der Waals surface area contributed by atoms with Gasteiger partial charge >= 0.3 is 0 Å². The van der Waals surface area contributed by atoms with Crippen molar-refractivity contribution in [3.63, 3.8) is 0 Å². The minimum atomic E-state index is -2.65. The van der Waals surface area contributed by atoms with E-state index in [2.05, 4.69) is 24.1 Å². The van der Waals surface area contributed by atoms with Gasteiger partial charge < -0.3 is 5.32 Å². The fraction of sp³-hybridized carbons (Fsp3) is 0.647. The molecule has 0 aromatic heterocycles. The maximum atomic E-state index is 13.3. The lowest BCUT2D eigenvalue weighted by atomic mass is 9.95. The number of rotatable bonds is 5. The van der Waals surface area contributed by atoms with Crippen LogP contribution in [0.15, 0.2) is 18.2 Å². The maximum absolute atomic E-state index is 13.3. The van der Waals surface area contributed by atoms with Crippen LogP contribution in [-0.2, 0) is 0 Å². The Balaban J connectivity index is 2.30. The zero-order valence-corrected chi connectivity index (χ0v) is 13.5. The van der Waals surface area contributed by atoms with Gasteiger partial charge in [0.2, 0.25) is 0 Å². The molecule has 0 amide bonds. The lowest BCUT2D eigenvalue weighted by Crippen LogP contribution is -2.56. The van der Waals surface area contributed by atoms with Gasteiger partial charge in [-0.3, -0.25) is 4.90 Å². The van der Waals surface area contributed by atoms with Gasteiger partial charge in [-0.2, -0.15) is 0 Å². The van der Waals surface area contributed by atoms with E-state index < -0.39 is 12.2 Å². The number of halogens is 3. The van der Waals surface area contributed by atoms with Crippen molar-refractivity contribution in [1.29, 1.82) is 0 Å². The predicted molar refractivity (Wildman–Crippen MR) is 82.6 cm³/mol. The first-order valence-electron chi connectivity index (χ1n) is 8.04. The van der Waals surface area contributed by atoms with Crippen molar-refractivity contribution >= 4 is 0 Å². The van der Waals surface area contributed by atoms with Gasteiger partial charge in [0.15, 0.2) is 0 Å². The number of benzene rings is 1. The molecule has 0 bridgehead atoms. The number of alkyl halides is 2. The molecule has 0 aliphatic carbocycles. The first kappa shape index (κ1) is 17.3. The molecule has 1 unspecified atom stereocenters. The molecule has 0 spiro atoms.